The van der Waals surface area contributed by atoms with Crippen LogP contribution in [0.25, 0.3) is 28.1 Å². The molecule has 132 valence electrons. The normalized spacial score (nSPS) is 11.4. The number of benzene rings is 1. The van der Waals surface area contributed by atoms with E-state index in [-0.39, 0.29) is 17.1 Å². The van der Waals surface area contributed by atoms with Crippen molar-refractivity contribution in [2.75, 3.05) is 5.73 Å². The Labute approximate surface area is 144 Å². The molecule has 2 N–H and O–H groups in total. The Kier molecular flexibility index (Phi) is 3.60. The minimum atomic E-state index is -1.54. The maximum Gasteiger partial charge on any atom is 0.235 e. The quantitative estimate of drug-likeness (QED) is 0.568. The molecule has 10 heteroatoms. The summed E-state index contributed by atoms with van der Waals surface area (Å²) in [6.07, 6.45) is 4.14. The number of aromatic nitrogens is 6. The molecular weight excluding hydrogens is 347 g/mol. The number of fused-ring (bicyclic) bond motifs is 1. The van der Waals surface area contributed by atoms with E-state index in [1.54, 1.807) is 4.57 Å². The first-order chi connectivity index (χ1) is 12.5. The lowest BCUT2D eigenvalue weighted by Crippen LogP contribution is -2.10. The largest absolute Gasteiger partial charge is 0.368 e. The van der Waals surface area contributed by atoms with Gasteiger partial charge in [0.2, 0.25) is 11.9 Å². The fourth-order valence-electron chi connectivity index (χ4n) is 2.87. The minimum absolute atomic E-state index is 0.116. The summed E-state index contributed by atoms with van der Waals surface area (Å²) in [5.74, 6) is -3.60. The minimum Gasteiger partial charge on any atom is -0.368 e. The molecule has 0 saturated carbocycles. The number of anilines is 1. The number of aryl methyl sites for hydroxylation is 1. The predicted octanol–water partition coefficient (Wildman–Crippen LogP) is 2.70. The van der Waals surface area contributed by atoms with E-state index in [1.165, 1.54) is 29.5 Å². The number of imidazole rings is 1. The molecule has 26 heavy (non-hydrogen) atoms. The van der Waals surface area contributed by atoms with Crippen LogP contribution in [0.2, 0.25) is 0 Å². The third kappa shape index (κ3) is 2.22. The molecule has 4 aromatic rings. The number of hydrogen-bond donors (Lipinski definition) is 1. The van der Waals surface area contributed by atoms with Crippen LogP contribution in [0, 0.1) is 17.5 Å². The SMILES string of the molecule is CCn1c(-n2ncnc2N)nc2cncc(-c3ccc(F)c(F)c3F)c21. The molecule has 7 nitrogen and oxygen atoms in total. The van der Waals surface area contributed by atoms with E-state index < -0.39 is 17.5 Å². The van der Waals surface area contributed by atoms with E-state index in [0.717, 1.165) is 6.07 Å². The molecule has 0 fully saturated rings. The van der Waals surface area contributed by atoms with Gasteiger partial charge < -0.3 is 10.3 Å². The van der Waals surface area contributed by atoms with Gasteiger partial charge in [0.05, 0.1) is 11.7 Å². The van der Waals surface area contributed by atoms with Gasteiger partial charge in [-0.15, -0.1) is 0 Å². The van der Waals surface area contributed by atoms with Crippen LogP contribution in [0.15, 0.2) is 30.9 Å². The Balaban J connectivity index is 2.06. The Hall–Kier alpha value is -3.43. The topological polar surface area (TPSA) is 87.4 Å². The predicted molar refractivity (Wildman–Crippen MR) is 87.8 cm³/mol. The van der Waals surface area contributed by atoms with Crippen LogP contribution in [0.3, 0.4) is 0 Å². The van der Waals surface area contributed by atoms with Crippen molar-refractivity contribution in [3.05, 3.63) is 48.3 Å². The van der Waals surface area contributed by atoms with Crippen LogP contribution in [0.4, 0.5) is 19.1 Å². The first kappa shape index (κ1) is 16.1. The fourth-order valence-corrected chi connectivity index (χ4v) is 2.87. The van der Waals surface area contributed by atoms with Gasteiger partial charge in [0, 0.05) is 23.9 Å². The van der Waals surface area contributed by atoms with E-state index in [9.17, 15) is 13.2 Å². The number of rotatable bonds is 3. The molecule has 0 bridgehead atoms. The summed E-state index contributed by atoms with van der Waals surface area (Å²) in [6.45, 7) is 2.29. The number of nitrogen functional groups attached to an aromatic ring is 1. The highest BCUT2D eigenvalue weighted by atomic mass is 19.2. The Bertz CT molecular complexity index is 1130. The van der Waals surface area contributed by atoms with Crippen molar-refractivity contribution in [1.82, 2.24) is 29.3 Å². The van der Waals surface area contributed by atoms with Gasteiger partial charge in [0.15, 0.2) is 17.5 Å². The third-order valence-corrected chi connectivity index (χ3v) is 4.04. The van der Waals surface area contributed by atoms with Gasteiger partial charge in [-0.2, -0.15) is 14.8 Å². The van der Waals surface area contributed by atoms with Crippen molar-refractivity contribution in [1.29, 1.82) is 0 Å². The lowest BCUT2D eigenvalue weighted by molar-refractivity contribution is 0.449. The zero-order valence-electron chi connectivity index (χ0n) is 13.5. The van der Waals surface area contributed by atoms with Crippen LogP contribution >= 0.6 is 0 Å². The third-order valence-electron chi connectivity index (χ3n) is 4.04. The molecule has 0 unspecified atom stereocenters. The summed E-state index contributed by atoms with van der Waals surface area (Å²) in [6, 6.07) is 2.04. The first-order valence-corrected chi connectivity index (χ1v) is 7.67. The summed E-state index contributed by atoms with van der Waals surface area (Å²) in [7, 11) is 0. The molecule has 0 spiro atoms. The van der Waals surface area contributed by atoms with Crippen molar-refractivity contribution in [3.8, 4) is 17.1 Å². The summed E-state index contributed by atoms with van der Waals surface area (Å²) < 4.78 is 44.4. The molecule has 0 saturated heterocycles. The number of pyridine rings is 1. The van der Waals surface area contributed by atoms with Gasteiger partial charge in [-0.25, -0.2) is 18.2 Å². The molecular formula is C16H12F3N7. The monoisotopic (exact) mass is 359 g/mol. The van der Waals surface area contributed by atoms with E-state index >= 15 is 0 Å². The van der Waals surface area contributed by atoms with E-state index in [1.807, 2.05) is 6.92 Å². The smallest absolute Gasteiger partial charge is 0.235 e. The summed E-state index contributed by atoms with van der Waals surface area (Å²) in [5.41, 5.74) is 6.88. The van der Waals surface area contributed by atoms with Crippen molar-refractivity contribution in [3.63, 3.8) is 0 Å². The molecule has 0 atom stereocenters. The van der Waals surface area contributed by atoms with Crippen LogP contribution < -0.4 is 5.73 Å². The van der Waals surface area contributed by atoms with Crippen molar-refractivity contribution < 1.29 is 13.2 Å². The molecule has 3 heterocycles. The molecule has 0 radical (unpaired) electrons. The van der Waals surface area contributed by atoms with Crippen LogP contribution in [0.5, 0.6) is 0 Å². The highest BCUT2D eigenvalue weighted by Gasteiger charge is 2.21. The Morgan fingerprint density at radius 2 is 1.88 bits per heavy atom. The average molecular weight is 359 g/mol. The number of hydrogen-bond acceptors (Lipinski definition) is 5. The first-order valence-electron chi connectivity index (χ1n) is 7.67. The second-order valence-corrected chi connectivity index (χ2v) is 5.46. The van der Waals surface area contributed by atoms with Crippen molar-refractivity contribution >= 4 is 17.0 Å². The number of nitrogens with zero attached hydrogens (tertiary/aromatic N) is 6. The fraction of sp³-hybridized carbons (Fsp3) is 0.125. The summed E-state index contributed by atoms with van der Waals surface area (Å²) >= 11 is 0. The molecule has 0 aliphatic heterocycles. The lowest BCUT2D eigenvalue weighted by Gasteiger charge is -2.10. The second kappa shape index (κ2) is 5.83. The van der Waals surface area contributed by atoms with Gasteiger partial charge in [0.25, 0.3) is 0 Å². The van der Waals surface area contributed by atoms with E-state index in [4.69, 9.17) is 5.73 Å². The van der Waals surface area contributed by atoms with Crippen LogP contribution in [-0.2, 0) is 6.54 Å². The van der Waals surface area contributed by atoms with Crippen LogP contribution in [-0.4, -0.2) is 29.3 Å². The molecule has 0 amide bonds. The molecule has 4 rings (SSSR count). The van der Waals surface area contributed by atoms with Crippen molar-refractivity contribution in [2.24, 2.45) is 0 Å². The molecule has 1 aromatic carbocycles. The zero-order valence-corrected chi connectivity index (χ0v) is 13.5. The summed E-state index contributed by atoms with van der Waals surface area (Å²) in [5, 5.41) is 4.03. The molecule has 0 aliphatic rings. The molecule has 3 aromatic heterocycles. The Morgan fingerprint density at radius 3 is 2.58 bits per heavy atom. The maximum atomic E-state index is 14.3. The average Bonchev–Trinajstić information content (AvgIpc) is 3.22. The van der Waals surface area contributed by atoms with Gasteiger partial charge in [-0.3, -0.25) is 4.98 Å². The highest BCUT2D eigenvalue weighted by Crippen LogP contribution is 2.32. The molecule has 0 aliphatic carbocycles. The zero-order chi connectivity index (χ0) is 18.4. The standard InChI is InChI=1S/C16H12F3N7/c1-2-25-14-9(8-3-4-10(17)13(19)12(8)18)5-21-6-11(14)24-16(25)26-15(20)22-7-23-26/h3-7H,2H2,1H3,(H2,20,22,23). The number of nitrogens with two attached hydrogens (primary N) is 1. The maximum absolute atomic E-state index is 14.3. The Morgan fingerprint density at radius 1 is 1.08 bits per heavy atom. The van der Waals surface area contributed by atoms with Crippen molar-refractivity contribution in [2.45, 2.75) is 13.5 Å². The van der Waals surface area contributed by atoms with Crippen LogP contribution in [0.1, 0.15) is 6.92 Å². The van der Waals surface area contributed by atoms with E-state index in [2.05, 4.69) is 20.1 Å². The summed E-state index contributed by atoms with van der Waals surface area (Å²) in [4.78, 5) is 12.3. The van der Waals surface area contributed by atoms with Gasteiger partial charge in [0.1, 0.15) is 11.8 Å². The van der Waals surface area contributed by atoms with Gasteiger partial charge in [-0.05, 0) is 19.1 Å². The second-order valence-electron chi connectivity index (χ2n) is 5.46. The van der Waals surface area contributed by atoms with Gasteiger partial charge >= 0.3 is 0 Å². The van der Waals surface area contributed by atoms with Gasteiger partial charge in [-0.1, -0.05) is 0 Å². The lowest BCUT2D eigenvalue weighted by atomic mass is 10.1. The highest BCUT2D eigenvalue weighted by molar-refractivity contribution is 5.92. The number of halogens is 3. The van der Waals surface area contributed by atoms with E-state index in [0.29, 0.717) is 23.5 Å².